The zero-order valence-electron chi connectivity index (χ0n) is 22.1. The van der Waals surface area contributed by atoms with Crippen LogP contribution in [0.1, 0.15) is 93.9 Å². The molecule has 0 aromatic rings. The Balaban J connectivity index is 0.000000191. The molecular weight excluding hydrogens is 436 g/mol. The second-order valence-corrected chi connectivity index (χ2v) is 12.3. The van der Waals surface area contributed by atoms with E-state index in [-0.39, 0.29) is 59.8 Å². The molecule has 0 aromatic carbocycles. The predicted octanol–water partition coefficient (Wildman–Crippen LogP) is 4.73. The van der Waals surface area contributed by atoms with E-state index in [9.17, 15) is 19.2 Å². The van der Waals surface area contributed by atoms with E-state index in [2.05, 4.69) is 0 Å². The third kappa shape index (κ3) is 5.74. The Morgan fingerprint density at radius 2 is 1.00 bits per heavy atom. The van der Waals surface area contributed by atoms with E-state index >= 15 is 0 Å². The van der Waals surface area contributed by atoms with Crippen LogP contribution in [0.3, 0.4) is 0 Å². The van der Waals surface area contributed by atoms with Crippen molar-refractivity contribution >= 4 is 23.8 Å². The molecule has 8 nitrogen and oxygen atoms in total. The molecule has 0 aromatic heterocycles. The minimum Gasteiger partial charge on any atom is -0.444 e. The van der Waals surface area contributed by atoms with Gasteiger partial charge in [-0.25, -0.2) is 9.59 Å². The fourth-order valence-electron chi connectivity index (χ4n) is 5.67. The number of carbonyl (C=O) groups is 4. The lowest BCUT2D eigenvalue weighted by atomic mass is 9.91. The molecule has 0 saturated carbocycles. The van der Waals surface area contributed by atoms with Gasteiger partial charge in [-0.1, -0.05) is 13.8 Å². The largest absolute Gasteiger partial charge is 0.444 e. The van der Waals surface area contributed by atoms with Gasteiger partial charge in [0.25, 0.3) is 0 Å². The van der Waals surface area contributed by atoms with Crippen molar-refractivity contribution in [3.05, 3.63) is 0 Å². The summed E-state index contributed by atoms with van der Waals surface area (Å²) in [7, 11) is 0. The normalized spacial score (nSPS) is 32.8. The first-order chi connectivity index (χ1) is 15.6. The van der Waals surface area contributed by atoms with Gasteiger partial charge in [-0.3, -0.25) is 9.59 Å². The topological polar surface area (TPSA) is 93.2 Å². The molecule has 6 atom stereocenters. The maximum Gasteiger partial charge on any atom is 0.410 e. The van der Waals surface area contributed by atoms with Gasteiger partial charge in [0, 0.05) is 48.8 Å². The van der Waals surface area contributed by atoms with Crippen molar-refractivity contribution in [3.8, 4) is 0 Å². The van der Waals surface area contributed by atoms with Gasteiger partial charge in [0.1, 0.15) is 22.8 Å². The van der Waals surface area contributed by atoms with Crippen LogP contribution in [0, 0.1) is 11.8 Å². The standard InChI is InChI=1S/2C13H21NO3/c2*1-8-10-6-5-9(7-11(8)15)14(10)12(16)17-13(2,3)4/h2*8-10H,5-7H2,1-4H3/t2*8-,9+,10-/m10/s1. The van der Waals surface area contributed by atoms with Crippen molar-refractivity contribution < 1.29 is 28.7 Å². The summed E-state index contributed by atoms with van der Waals surface area (Å²) in [5, 5.41) is 0. The second-order valence-electron chi connectivity index (χ2n) is 12.3. The average Bonchev–Trinajstić information content (AvgIpc) is 3.21. The van der Waals surface area contributed by atoms with Gasteiger partial charge >= 0.3 is 12.2 Å². The minimum atomic E-state index is -0.471. The monoisotopic (exact) mass is 478 g/mol. The number of Topliss-reactive ketones (excluding diaryl/α,β-unsaturated/α-hetero) is 2. The third-order valence-electron chi connectivity index (χ3n) is 7.34. The zero-order valence-corrected chi connectivity index (χ0v) is 22.1. The Hall–Kier alpha value is -2.12. The van der Waals surface area contributed by atoms with Crippen molar-refractivity contribution in [2.75, 3.05) is 0 Å². The van der Waals surface area contributed by atoms with Crippen molar-refractivity contribution in [2.24, 2.45) is 11.8 Å². The number of nitrogens with zero attached hydrogens (tertiary/aromatic N) is 2. The molecule has 4 aliphatic heterocycles. The summed E-state index contributed by atoms with van der Waals surface area (Å²) < 4.78 is 10.8. The number of fused-ring (bicyclic) bond motifs is 4. The van der Waals surface area contributed by atoms with E-state index in [0.29, 0.717) is 12.8 Å². The quantitative estimate of drug-likeness (QED) is 0.500. The first-order valence-electron chi connectivity index (χ1n) is 12.7. The first-order valence-corrected chi connectivity index (χ1v) is 12.7. The van der Waals surface area contributed by atoms with E-state index in [0.717, 1.165) is 25.7 Å². The van der Waals surface area contributed by atoms with E-state index in [1.54, 1.807) is 9.80 Å². The van der Waals surface area contributed by atoms with Gasteiger partial charge in [0.05, 0.1) is 0 Å². The van der Waals surface area contributed by atoms with Crippen LogP contribution in [-0.4, -0.2) is 68.9 Å². The van der Waals surface area contributed by atoms with Crippen LogP contribution < -0.4 is 0 Å². The Morgan fingerprint density at radius 3 is 1.29 bits per heavy atom. The van der Waals surface area contributed by atoms with Crippen molar-refractivity contribution in [3.63, 3.8) is 0 Å². The molecule has 4 heterocycles. The SMILES string of the molecule is C[C@@H]1C(=O)C[C@H]2CC[C@@H]1N2C(=O)OC(C)(C)C.C[C@H]1C(=O)C[C@@H]2CC[C@H]1N2C(=O)OC(C)(C)C. The number of hydrogen-bond acceptors (Lipinski definition) is 6. The van der Waals surface area contributed by atoms with Crippen LogP contribution in [0.25, 0.3) is 0 Å². The van der Waals surface area contributed by atoms with Gasteiger partial charge in [-0.15, -0.1) is 0 Å². The average molecular weight is 479 g/mol. The number of carbonyl (C=O) groups excluding carboxylic acids is 4. The fraction of sp³-hybridized carbons (Fsp3) is 0.846. The van der Waals surface area contributed by atoms with Gasteiger partial charge in [-0.05, 0) is 67.2 Å². The van der Waals surface area contributed by atoms with E-state index in [1.807, 2.05) is 55.4 Å². The van der Waals surface area contributed by atoms with Gasteiger partial charge in [-0.2, -0.15) is 0 Å². The van der Waals surface area contributed by atoms with Crippen LogP contribution in [0.4, 0.5) is 9.59 Å². The van der Waals surface area contributed by atoms with Crippen LogP contribution in [-0.2, 0) is 19.1 Å². The van der Waals surface area contributed by atoms with Crippen molar-refractivity contribution in [1.82, 2.24) is 9.80 Å². The van der Waals surface area contributed by atoms with Crippen molar-refractivity contribution in [2.45, 2.75) is 129 Å². The van der Waals surface area contributed by atoms with Crippen LogP contribution in [0.15, 0.2) is 0 Å². The molecular formula is C26H42N2O6. The fourth-order valence-corrected chi connectivity index (χ4v) is 5.67. The molecule has 0 N–H and O–H groups in total. The number of piperidine rings is 2. The summed E-state index contributed by atoms with van der Waals surface area (Å²) in [4.78, 5) is 51.3. The number of amides is 2. The molecule has 8 heteroatoms. The lowest BCUT2D eigenvalue weighted by Gasteiger charge is -2.38. The molecule has 0 unspecified atom stereocenters. The molecule has 0 radical (unpaired) electrons. The summed E-state index contributed by atoms with van der Waals surface area (Å²) in [6.45, 7) is 15.0. The van der Waals surface area contributed by atoms with Gasteiger partial charge < -0.3 is 19.3 Å². The highest BCUT2D eigenvalue weighted by atomic mass is 16.6. The molecule has 2 amide bonds. The maximum absolute atomic E-state index is 12.1. The summed E-state index contributed by atoms with van der Waals surface area (Å²) >= 11 is 0. The highest BCUT2D eigenvalue weighted by Gasteiger charge is 2.49. The highest BCUT2D eigenvalue weighted by molar-refractivity contribution is 5.86. The Labute approximate surface area is 203 Å². The van der Waals surface area contributed by atoms with E-state index in [1.165, 1.54) is 0 Å². The molecule has 0 spiro atoms. The number of rotatable bonds is 0. The molecule has 0 aliphatic carbocycles. The van der Waals surface area contributed by atoms with Gasteiger partial charge in [0.15, 0.2) is 0 Å². The zero-order chi connectivity index (χ0) is 25.6. The van der Waals surface area contributed by atoms with Crippen LogP contribution >= 0.6 is 0 Å². The lowest BCUT2D eigenvalue weighted by Crippen LogP contribution is -2.52. The molecule has 4 fully saturated rings. The van der Waals surface area contributed by atoms with Crippen LogP contribution in [0.2, 0.25) is 0 Å². The minimum absolute atomic E-state index is 0.0405. The number of hydrogen-bond donors (Lipinski definition) is 0. The number of ether oxygens (including phenoxy) is 2. The van der Waals surface area contributed by atoms with E-state index in [4.69, 9.17) is 9.47 Å². The smallest absolute Gasteiger partial charge is 0.410 e. The molecule has 4 bridgehead atoms. The summed E-state index contributed by atoms with van der Waals surface area (Å²) in [5.74, 6) is 0.497. The molecule has 4 aliphatic rings. The second kappa shape index (κ2) is 9.50. The molecule has 4 saturated heterocycles. The lowest BCUT2D eigenvalue weighted by molar-refractivity contribution is -0.129. The first kappa shape index (κ1) is 26.5. The molecule has 192 valence electrons. The summed E-state index contributed by atoms with van der Waals surface area (Å²) in [5.41, 5.74) is -0.942. The number of ketones is 2. The molecule has 4 rings (SSSR count). The van der Waals surface area contributed by atoms with Gasteiger partial charge in [0.2, 0.25) is 0 Å². The Morgan fingerprint density at radius 1 is 0.676 bits per heavy atom. The predicted molar refractivity (Wildman–Crippen MR) is 127 cm³/mol. The van der Waals surface area contributed by atoms with Crippen molar-refractivity contribution in [1.29, 1.82) is 0 Å². The summed E-state index contributed by atoms with van der Waals surface area (Å²) in [6, 6.07) is 0.240. The Bertz CT molecular complexity index is 758. The maximum atomic E-state index is 12.1. The molecule has 34 heavy (non-hydrogen) atoms. The summed E-state index contributed by atoms with van der Waals surface area (Å²) in [6.07, 6.45) is 4.19. The van der Waals surface area contributed by atoms with E-state index < -0.39 is 11.2 Å². The third-order valence-corrected chi connectivity index (χ3v) is 7.34. The van der Waals surface area contributed by atoms with Crippen LogP contribution in [0.5, 0.6) is 0 Å². The highest BCUT2D eigenvalue weighted by Crippen LogP contribution is 2.39. The Kier molecular flexibility index (Phi) is 7.40.